The SMILES string of the molecule is CCOC(=O)c1cc(C2(C)CC2)n2nc(-c3ccc(Br)cc3F)cc2n1.CCOC(=O)c1cc(C2(C)CC2)n2nc(-c3cccc(Br)c3F)cc2n1.CCOC(=O)c1cc(C2CC2)n2nc(-c3cccc(Br)c3F)cc2n1.CCOC(=O)c1cc(C2CCC2)n2nc(-c3ccc(Br)cc3F)cc2n1.CCOC(=O)c1cc(C2CCC2)n2nc(-c3cccc(Br)c3F)cc2n1. The minimum Gasteiger partial charge on any atom is -0.461 e. The molecule has 129 heavy (non-hydrogen) atoms. The van der Waals surface area contributed by atoms with Gasteiger partial charge in [0.15, 0.2) is 56.7 Å². The van der Waals surface area contributed by atoms with Crippen molar-refractivity contribution in [3.05, 3.63) is 260 Å². The Morgan fingerprint density at radius 3 is 0.837 bits per heavy atom. The first-order chi connectivity index (χ1) is 62.1. The van der Waals surface area contributed by atoms with E-state index in [9.17, 15) is 45.9 Å². The lowest BCUT2D eigenvalue weighted by atomic mass is 9.82. The van der Waals surface area contributed by atoms with Gasteiger partial charge in [-0.15, -0.1) is 0 Å². The summed E-state index contributed by atoms with van der Waals surface area (Å²) in [4.78, 5) is 82.7. The van der Waals surface area contributed by atoms with Crippen LogP contribution in [0.4, 0.5) is 22.0 Å². The molecule has 0 N–H and O–H groups in total. The van der Waals surface area contributed by atoms with Gasteiger partial charge in [0.05, 0.1) is 86.3 Å². The average Bonchev–Trinajstić information content (AvgIpc) is 1.59. The molecule has 0 aliphatic heterocycles. The predicted molar refractivity (Wildman–Crippen MR) is 489 cm³/mol. The van der Waals surface area contributed by atoms with Crippen LogP contribution in [-0.4, -0.2) is 136 Å². The molecule has 0 amide bonds. The van der Waals surface area contributed by atoms with Gasteiger partial charge in [-0.3, -0.25) is 0 Å². The lowest BCUT2D eigenvalue weighted by Crippen LogP contribution is -2.17. The van der Waals surface area contributed by atoms with Crippen molar-refractivity contribution in [3.8, 4) is 56.3 Å². The third kappa shape index (κ3) is 19.4. The zero-order chi connectivity index (χ0) is 91.0. The highest BCUT2D eigenvalue weighted by atomic mass is 79.9. The van der Waals surface area contributed by atoms with Gasteiger partial charge in [0.2, 0.25) is 0 Å². The molecule has 5 aliphatic rings. The number of carbonyl (C=O) groups excluding carboxylic acids is 5. The number of benzene rings is 5. The quantitative estimate of drug-likeness (QED) is 0.0389. The molecular weight excluding hydrogens is 1990 g/mol. The Labute approximate surface area is 778 Å². The van der Waals surface area contributed by atoms with Crippen LogP contribution in [-0.2, 0) is 34.5 Å². The van der Waals surface area contributed by atoms with Gasteiger partial charge >= 0.3 is 29.8 Å². The second kappa shape index (κ2) is 38.3. The van der Waals surface area contributed by atoms with E-state index in [1.165, 1.54) is 12.1 Å². The van der Waals surface area contributed by atoms with Crippen LogP contribution in [0.25, 0.3) is 84.5 Å². The van der Waals surface area contributed by atoms with Gasteiger partial charge in [0.25, 0.3) is 0 Å². The second-order valence-corrected chi connectivity index (χ2v) is 36.5. The highest BCUT2D eigenvalue weighted by molar-refractivity contribution is 9.11. The number of hydrogen-bond acceptors (Lipinski definition) is 20. The first kappa shape index (κ1) is 90.9. The number of rotatable bonds is 20. The predicted octanol–water partition coefficient (Wildman–Crippen LogP) is 22.9. The summed E-state index contributed by atoms with van der Waals surface area (Å²) < 4.78 is 109. The normalized spacial score (nSPS) is 14.7. The number of ether oxygens (including phenoxy) is 5. The van der Waals surface area contributed by atoms with E-state index in [2.05, 4.69) is 144 Å². The molecule has 15 aromatic rings. The number of esters is 5. The van der Waals surface area contributed by atoms with Crippen LogP contribution < -0.4 is 0 Å². The van der Waals surface area contributed by atoms with Crippen LogP contribution in [0, 0.1) is 29.1 Å². The molecule has 664 valence electrons. The van der Waals surface area contributed by atoms with Gasteiger partial charge in [-0.2, -0.15) is 25.5 Å². The largest absolute Gasteiger partial charge is 0.461 e. The molecule has 10 aromatic heterocycles. The topological polar surface area (TPSA) is 282 Å². The first-order valence-electron chi connectivity index (χ1n) is 42.2. The van der Waals surface area contributed by atoms with E-state index >= 15 is 0 Å². The van der Waals surface area contributed by atoms with Crippen molar-refractivity contribution in [2.24, 2.45) is 0 Å². The highest BCUT2D eigenvalue weighted by Crippen LogP contribution is 2.50. The van der Waals surface area contributed by atoms with E-state index in [4.69, 9.17) is 23.7 Å². The monoisotopic (exact) mass is 2070 g/mol. The Morgan fingerprint density at radius 1 is 0.333 bits per heavy atom. The fourth-order valence-corrected chi connectivity index (χ4v) is 16.8. The highest BCUT2D eigenvalue weighted by Gasteiger charge is 2.44. The van der Waals surface area contributed by atoms with Crippen LogP contribution >= 0.6 is 79.6 Å². The molecule has 10 heterocycles. The summed E-state index contributed by atoms with van der Waals surface area (Å²) in [5.41, 5.74) is 12.7. The number of halogens is 10. The number of hydrogen-bond donors (Lipinski definition) is 0. The fraction of sp³-hybridized carbons (Fsp3) is 0.309. The zero-order valence-electron chi connectivity index (χ0n) is 70.8. The van der Waals surface area contributed by atoms with E-state index in [1.807, 2.05) is 0 Å². The van der Waals surface area contributed by atoms with Crippen LogP contribution in [0.2, 0.25) is 0 Å². The maximum Gasteiger partial charge on any atom is 0.357 e. The molecule has 0 saturated heterocycles. The molecule has 0 radical (unpaired) electrons. The fourth-order valence-electron chi connectivity index (χ4n) is 15.1. The maximum atomic E-state index is 14.5. The molecule has 5 saturated carbocycles. The Morgan fingerprint density at radius 2 is 0.589 bits per heavy atom. The zero-order valence-corrected chi connectivity index (χ0v) is 78.7. The van der Waals surface area contributed by atoms with E-state index in [0.717, 1.165) is 106 Å². The molecule has 5 aliphatic carbocycles. The van der Waals surface area contributed by atoms with Crippen molar-refractivity contribution < 1.29 is 69.6 Å². The summed E-state index contributed by atoms with van der Waals surface area (Å²) in [6, 6.07) is 42.1. The first-order valence-corrected chi connectivity index (χ1v) is 46.2. The number of nitrogens with zero attached hydrogens (tertiary/aromatic N) is 15. The van der Waals surface area contributed by atoms with E-state index in [1.54, 1.807) is 197 Å². The van der Waals surface area contributed by atoms with Crippen molar-refractivity contribution in [2.75, 3.05) is 33.0 Å². The lowest BCUT2D eigenvalue weighted by molar-refractivity contribution is 0.0510. The third-order valence-electron chi connectivity index (χ3n) is 23.0. The molecule has 0 atom stereocenters. The van der Waals surface area contributed by atoms with Crippen LogP contribution in [0.15, 0.2) is 174 Å². The van der Waals surface area contributed by atoms with Crippen molar-refractivity contribution in [3.63, 3.8) is 0 Å². The van der Waals surface area contributed by atoms with E-state index in [0.29, 0.717) is 131 Å². The van der Waals surface area contributed by atoms with Crippen LogP contribution in [0.3, 0.4) is 0 Å². The third-order valence-corrected chi connectivity index (χ3v) is 25.8. The van der Waals surface area contributed by atoms with E-state index in [-0.39, 0.29) is 94.8 Å². The maximum absolute atomic E-state index is 14.5. The molecule has 0 unspecified atom stereocenters. The Bertz CT molecular complexity index is 6920. The molecule has 25 nitrogen and oxygen atoms in total. The Balaban J connectivity index is 0.000000118. The number of fused-ring (bicyclic) bond motifs is 5. The molecule has 0 spiro atoms. The summed E-state index contributed by atoms with van der Waals surface area (Å²) in [6.07, 6.45) is 12.6. The van der Waals surface area contributed by atoms with Gasteiger partial charge in [-0.05, 0) is 250 Å². The van der Waals surface area contributed by atoms with Crippen molar-refractivity contribution in [1.82, 2.24) is 73.0 Å². The minimum atomic E-state index is -0.461. The molecule has 5 fully saturated rings. The van der Waals surface area contributed by atoms with Gasteiger partial charge in [-0.1, -0.05) is 76.7 Å². The van der Waals surface area contributed by atoms with Crippen molar-refractivity contribution >= 4 is 138 Å². The average molecular weight is 2080 g/mol. The van der Waals surface area contributed by atoms with Crippen molar-refractivity contribution in [2.45, 2.75) is 154 Å². The second-order valence-electron chi connectivity index (χ2n) is 32.1. The molecule has 0 bridgehead atoms. The van der Waals surface area contributed by atoms with Crippen LogP contribution in [0.5, 0.6) is 0 Å². The van der Waals surface area contributed by atoms with Gasteiger partial charge in [0, 0.05) is 113 Å². The summed E-state index contributed by atoms with van der Waals surface area (Å²) >= 11 is 16.1. The smallest absolute Gasteiger partial charge is 0.357 e. The van der Waals surface area contributed by atoms with E-state index < -0.39 is 29.8 Å². The summed E-state index contributed by atoms with van der Waals surface area (Å²) in [5, 5.41) is 22.8. The number of aromatic nitrogens is 15. The molecule has 20 rings (SSSR count). The van der Waals surface area contributed by atoms with Crippen molar-refractivity contribution in [1.29, 1.82) is 0 Å². The number of carbonyl (C=O) groups is 5. The molecule has 35 heteroatoms. The van der Waals surface area contributed by atoms with Gasteiger partial charge in [-0.25, -0.2) is 93.4 Å². The Hall–Kier alpha value is -11.4. The standard InChI is InChI=1S/4C19H17BrFN3O2.C18H15BrFN3O2/c1-3-26-18(25)15-9-16(19(2)6-7-19)24-17(22-15)10-14(23-24)12-5-4-11(20)8-13(12)21;1-3-26-18(25)14-9-15(19(2)7-8-19)24-16(22-14)10-13(23-24)11-5-4-6-12(20)17(11)21;1-2-26-19(25)15-9-16(11-5-3-6-11)24-17(22-15)10-14(23-24)12-7-4-8-13(20)18(12)21;1-2-26-19(25)16-9-17(11-4-3-5-11)24-18(22-16)10-15(23-24)13-7-6-12(20)8-14(13)21;1-2-25-18(24)14-8-15(10-6-7-10)23-16(21-14)9-13(22-23)11-4-3-5-12(19)17(11)20/h4-5,8-10H,3,6-7H2,1-2H3;4-6,9-10H,3,7-8H2,1-2H3;4,7-11H,2-3,5-6H2,1H3;6-11H,2-5H2,1H3;3-5,8-10H,2,6-7H2,1H3. The summed E-state index contributed by atoms with van der Waals surface area (Å²) in [7, 11) is 0. The lowest BCUT2D eigenvalue weighted by Gasteiger charge is -2.26. The Kier molecular flexibility index (Phi) is 27.0. The van der Waals surface area contributed by atoms with Crippen LogP contribution in [0.1, 0.15) is 224 Å². The molecule has 5 aromatic carbocycles. The summed E-state index contributed by atoms with van der Waals surface area (Å²) in [6.45, 7) is 14.5. The van der Waals surface area contributed by atoms with Gasteiger partial charge in [0.1, 0.15) is 29.1 Å². The minimum absolute atomic E-state index is 0.0516. The van der Waals surface area contributed by atoms with Gasteiger partial charge < -0.3 is 23.7 Å². The summed E-state index contributed by atoms with van der Waals surface area (Å²) in [5.74, 6) is -3.12. The molecular formula is C94H83Br5F5N15O10.